The maximum Gasteiger partial charge on any atom is 0.335 e. The molecule has 0 aromatic heterocycles. The van der Waals surface area contributed by atoms with Crippen LogP contribution in [0.15, 0.2) is 60.7 Å². The van der Waals surface area contributed by atoms with E-state index in [1.807, 2.05) is 39.5 Å². The summed E-state index contributed by atoms with van der Waals surface area (Å²) in [6, 6.07) is 15.3. The van der Waals surface area contributed by atoms with Crippen LogP contribution in [-0.4, -0.2) is 40.1 Å². The first-order valence-electron chi connectivity index (χ1n) is 14.9. The molecule has 0 bridgehead atoms. The summed E-state index contributed by atoms with van der Waals surface area (Å²) in [5.74, 6) is -4.05. The Morgan fingerprint density at radius 2 is 1.76 bits per heavy atom. The van der Waals surface area contributed by atoms with Gasteiger partial charge >= 0.3 is 5.97 Å². The van der Waals surface area contributed by atoms with Crippen LogP contribution in [0.5, 0.6) is 0 Å². The van der Waals surface area contributed by atoms with Crippen LogP contribution in [0.4, 0.5) is 14.5 Å². The molecule has 0 unspecified atom stereocenters. The first-order valence-corrected chi connectivity index (χ1v) is 15.6. The Balaban J connectivity index is 1.85. The third-order valence-corrected chi connectivity index (χ3v) is 9.43. The average Bonchev–Trinajstić information content (AvgIpc) is 3.38. The number of rotatable bonds is 7. The molecule has 0 radical (unpaired) electrons. The second-order valence-corrected chi connectivity index (χ2v) is 14.4. The van der Waals surface area contributed by atoms with Gasteiger partial charge in [-0.3, -0.25) is 14.6 Å². The number of hydrogen-bond donors (Lipinski definition) is 1. The van der Waals surface area contributed by atoms with Gasteiger partial charge in [-0.25, -0.2) is 13.6 Å². The Hall–Kier alpha value is -3.51. The molecule has 2 aliphatic heterocycles. The number of amides is 1. The standard InChI is InChI=1S/C35H35Cl2F2N3O3/c1-19(2)15-28-41(22-12-9-20(10-13-22)33(44)45)32(43)31-29(23-7-6-8-25(37)30(23)39)35(18-40,24-14-11-21(36)16-26(24)38)27(42(28)31)17-34(3,4)5/h6-14,16,19,27-29,31H,15,17H2,1-5H3,(H,44,45)/t27-,28+,29-,31+,35-/m0/s1. The molecule has 2 heterocycles. The first-order chi connectivity index (χ1) is 21.1. The Kier molecular flexibility index (Phi) is 8.78. The van der Waals surface area contributed by atoms with Gasteiger partial charge in [0, 0.05) is 28.2 Å². The summed E-state index contributed by atoms with van der Waals surface area (Å²) in [5.41, 5.74) is -1.49. The van der Waals surface area contributed by atoms with Crippen molar-refractivity contribution in [1.29, 1.82) is 5.26 Å². The van der Waals surface area contributed by atoms with E-state index in [1.165, 1.54) is 36.4 Å². The lowest BCUT2D eigenvalue weighted by molar-refractivity contribution is -0.119. The van der Waals surface area contributed by atoms with E-state index in [4.69, 9.17) is 23.2 Å². The van der Waals surface area contributed by atoms with Crippen molar-refractivity contribution in [3.63, 3.8) is 0 Å². The molecule has 5 rings (SSSR count). The van der Waals surface area contributed by atoms with Crippen LogP contribution in [0.2, 0.25) is 10.0 Å². The van der Waals surface area contributed by atoms with Crippen LogP contribution < -0.4 is 4.90 Å². The molecule has 1 amide bonds. The molecule has 236 valence electrons. The third kappa shape index (κ3) is 5.60. The summed E-state index contributed by atoms with van der Waals surface area (Å²) in [7, 11) is 0. The van der Waals surface area contributed by atoms with Crippen molar-refractivity contribution in [1.82, 2.24) is 4.90 Å². The highest BCUT2D eigenvalue weighted by molar-refractivity contribution is 6.31. The Morgan fingerprint density at radius 3 is 2.31 bits per heavy atom. The van der Waals surface area contributed by atoms with E-state index < -0.39 is 58.5 Å². The van der Waals surface area contributed by atoms with Gasteiger partial charge in [0.05, 0.1) is 22.8 Å². The Bertz CT molecular complexity index is 1680. The second-order valence-electron chi connectivity index (χ2n) is 13.6. The quantitative estimate of drug-likeness (QED) is 0.277. The summed E-state index contributed by atoms with van der Waals surface area (Å²) < 4.78 is 32.3. The van der Waals surface area contributed by atoms with E-state index in [2.05, 4.69) is 6.07 Å². The highest BCUT2D eigenvalue weighted by Gasteiger charge is 2.70. The van der Waals surface area contributed by atoms with Crippen molar-refractivity contribution in [2.75, 3.05) is 4.90 Å². The van der Waals surface area contributed by atoms with Crippen molar-refractivity contribution in [2.24, 2.45) is 11.3 Å². The molecule has 2 fully saturated rings. The van der Waals surface area contributed by atoms with E-state index in [0.29, 0.717) is 18.5 Å². The number of benzene rings is 3. The third-order valence-electron chi connectivity index (χ3n) is 8.90. The summed E-state index contributed by atoms with van der Waals surface area (Å²) in [6.45, 7) is 10.1. The van der Waals surface area contributed by atoms with Gasteiger partial charge in [0.15, 0.2) is 0 Å². The number of nitrogens with zero attached hydrogens (tertiary/aromatic N) is 3. The molecule has 0 spiro atoms. The number of carboxylic acid groups (broad SMARTS) is 1. The highest BCUT2D eigenvalue weighted by atomic mass is 35.5. The van der Waals surface area contributed by atoms with Crippen LogP contribution >= 0.6 is 23.2 Å². The van der Waals surface area contributed by atoms with Gasteiger partial charge in [-0.05, 0) is 72.2 Å². The Labute approximate surface area is 272 Å². The minimum absolute atomic E-state index is 0.0379. The minimum Gasteiger partial charge on any atom is -0.478 e. The SMILES string of the molecule is CC(C)C[C@@H]1N(c2ccc(C(=O)O)cc2)C(=O)[C@H]2[C@H](c3cccc(Cl)c3F)[C@@](C#N)(c3ccc(Cl)cc3F)[C@H](CC(C)(C)C)N12. The Morgan fingerprint density at radius 1 is 1.09 bits per heavy atom. The van der Waals surface area contributed by atoms with Crippen molar-refractivity contribution in [2.45, 2.75) is 77.0 Å². The zero-order chi connectivity index (χ0) is 33.0. The summed E-state index contributed by atoms with van der Waals surface area (Å²) in [6.07, 6.45) is 0.255. The van der Waals surface area contributed by atoms with Crippen LogP contribution in [0.1, 0.15) is 74.9 Å². The van der Waals surface area contributed by atoms with Gasteiger partial charge in [-0.1, -0.05) is 76.0 Å². The number of halogens is 4. The lowest BCUT2D eigenvalue weighted by Gasteiger charge is -2.43. The highest BCUT2D eigenvalue weighted by Crippen LogP contribution is 2.60. The van der Waals surface area contributed by atoms with Crippen molar-refractivity contribution in [3.8, 4) is 6.07 Å². The number of hydrogen-bond acceptors (Lipinski definition) is 4. The van der Waals surface area contributed by atoms with Crippen molar-refractivity contribution >= 4 is 40.8 Å². The molecule has 45 heavy (non-hydrogen) atoms. The van der Waals surface area contributed by atoms with Gasteiger partial charge < -0.3 is 5.11 Å². The normalized spacial score (nSPS) is 25.1. The number of carbonyl (C=O) groups is 2. The number of fused-ring (bicyclic) bond motifs is 1. The number of carboxylic acids is 1. The van der Waals surface area contributed by atoms with Gasteiger partial charge in [0.1, 0.15) is 23.1 Å². The summed E-state index contributed by atoms with van der Waals surface area (Å²) in [5, 5.41) is 20.7. The van der Waals surface area contributed by atoms with Crippen molar-refractivity contribution in [3.05, 3.63) is 99.0 Å². The molecule has 2 saturated heterocycles. The zero-order valence-corrected chi connectivity index (χ0v) is 27.2. The maximum absolute atomic E-state index is 16.2. The molecule has 0 saturated carbocycles. The molecule has 0 aliphatic carbocycles. The largest absolute Gasteiger partial charge is 0.478 e. The summed E-state index contributed by atoms with van der Waals surface area (Å²) in [4.78, 5) is 30.1. The fourth-order valence-electron chi connectivity index (χ4n) is 7.25. The second kappa shape index (κ2) is 12.0. The van der Waals surface area contributed by atoms with Gasteiger partial charge in [0.2, 0.25) is 5.91 Å². The van der Waals surface area contributed by atoms with E-state index in [-0.39, 0.29) is 32.7 Å². The van der Waals surface area contributed by atoms with Crippen LogP contribution in [-0.2, 0) is 10.2 Å². The van der Waals surface area contributed by atoms with E-state index >= 15 is 8.78 Å². The first kappa shape index (κ1) is 32.9. The minimum atomic E-state index is -1.72. The van der Waals surface area contributed by atoms with Crippen LogP contribution in [0.3, 0.4) is 0 Å². The molecule has 6 nitrogen and oxygen atoms in total. The van der Waals surface area contributed by atoms with Gasteiger partial charge in [-0.15, -0.1) is 0 Å². The van der Waals surface area contributed by atoms with E-state index in [1.54, 1.807) is 23.1 Å². The molecule has 3 aromatic carbocycles. The lowest BCUT2D eigenvalue weighted by atomic mass is 9.62. The lowest BCUT2D eigenvalue weighted by Crippen LogP contribution is -2.52. The predicted octanol–water partition coefficient (Wildman–Crippen LogP) is 8.42. The molecular formula is C35H35Cl2F2N3O3. The van der Waals surface area contributed by atoms with Crippen LogP contribution in [0.25, 0.3) is 0 Å². The van der Waals surface area contributed by atoms with Crippen molar-refractivity contribution < 1.29 is 23.5 Å². The molecule has 1 N–H and O–H groups in total. The average molecular weight is 655 g/mol. The smallest absolute Gasteiger partial charge is 0.335 e. The number of aromatic carboxylic acids is 1. The van der Waals surface area contributed by atoms with E-state index in [0.717, 1.165) is 6.07 Å². The van der Waals surface area contributed by atoms with Gasteiger partial charge in [-0.2, -0.15) is 5.26 Å². The topological polar surface area (TPSA) is 84.6 Å². The van der Waals surface area contributed by atoms with E-state index in [9.17, 15) is 20.0 Å². The predicted molar refractivity (Wildman–Crippen MR) is 170 cm³/mol. The van der Waals surface area contributed by atoms with Gasteiger partial charge in [0.25, 0.3) is 0 Å². The number of nitriles is 1. The monoisotopic (exact) mass is 653 g/mol. The van der Waals surface area contributed by atoms with Crippen LogP contribution in [0, 0.1) is 34.3 Å². The zero-order valence-electron chi connectivity index (χ0n) is 25.7. The number of anilines is 1. The molecule has 10 heteroatoms. The maximum atomic E-state index is 16.2. The number of carbonyl (C=O) groups excluding carboxylic acids is 1. The molecule has 2 aliphatic rings. The fourth-order valence-corrected chi connectivity index (χ4v) is 7.60. The molecule has 3 aromatic rings. The summed E-state index contributed by atoms with van der Waals surface area (Å²) >= 11 is 12.5. The molecule has 5 atom stereocenters. The molecular weight excluding hydrogens is 619 g/mol. The fraction of sp³-hybridized carbons (Fsp3) is 0.400.